The van der Waals surface area contributed by atoms with Gasteiger partial charge in [0.25, 0.3) is 0 Å². The SMILES string of the molecule is COc1cc(-c2n[nH]c(=S)n2/N=C/c2ccccc2C(=O)O)cc(OC)c1OC. The van der Waals surface area contributed by atoms with Gasteiger partial charge in [0.2, 0.25) is 10.5 Å². The zero-order chi connectivity index (χ0) is 21.0. The lowest BCUT2D eigenvalue weighted by atomic mass is 10.1. The summed E-state index contributed by atoms with van der Waals surface area (Å²) in [6, 6.07) is 9.94. The van der Waals surface area contributed by atoms with E-state index < -0.39 is 5.97 Å². The number of rotatable bonds is 7. The highest BCUT2D eigenvalue weighted by atomic mass is 32.1. The topological polar surface area (TPSA) is 111 Å². The summed E-state index contributed by atoms with van der Waals surface area (Å²) < 4.78 is 17.7. The van der Waals surface area contributed by atoms with E-state index in [0.29, 0.717) is 34.2 Å². The first-order chi connectivity index (χ1) is 14.0. The third kappa shape index (κ3) is 3.97. The van der Waals surface area contributed by atoms with Crippen LogP contribution < -0.4 is 14.2 Å². The Balaban J connectivity index is 2.10. The van der Waals surface area contributed by atoms with Gasteiger partial charge in [-0.15, -0.1) is 0 Å². The van der Waals surface area contributed by atoms with E-state index in [-0.39, 0.29) is 10.3 Å². The van der Waals surface area contributed by atoms with E-state index in [9.17, 15) is 9.90 Å². The van der Waals surface area contributed by atoms with Crippen LogP contribution in [0.1, 0.15) is 15.9 Å². The van der Waals surface area contributed by atoms with Crippen LogP contribution in [-0.4, -0.2) is 53.5 Å². The van der Waals surface area contributed by atoms with E-state index in [1.807, 2.05) is 0 Å². The molecule has 0 fully saturated rings. The Hall–Kier alpha value is -3.66. The Labute approximate surface area is 171 Å². The number of aromatic carboxylic acids is 1. The van der Waals surface area contributed by atoms with Gasteiger partial charge in [-0.2, -0.15) is 14.9 Å². The maximum Gasteiger partial charge on any atom is 0.336 e. The van der Waals surface area contributed by atoms with Crippen molar-refractivity contribution >= 4 is 24.4 Å². The van der Waals surface area contributed by atoms with Crippen LogP contribution in [0.25, 0.3) is 11.4 Å². The number of carbonyl (C=O) groups is 1. The first-order valence-electron chi connectivity index (χ1n) is 8.34. The second-order valence-corrected chi connectivity index (χ2v) is 6.10. The first-order valence-corrected chi connectivity index (χ1v) is 8.75. The molecule has 3 rings (SSSR count). The van der Waals surface area contributed by atoms with Crippen molar-refractivity contribution < 1.29 is 24.1 Å². The van der Waals surface area contributed by atoms with Gasteiger partial charge in [0, 0.05) is 11.1 Å². The lowest BCUT2D eigenvalue weighted by Crippen LogP contribution is -2.03. The lowest BCUT2D eigenvalue weighted by Gasteiger charge is -2.13. The molecule has 10 heteroatoms. The zero-order valence-electron chi connectivity index (χ0n) is 15.9. The number of aromatic nitrogens is 3. The lowest BCUT2D eigenvalue weighted by molar-refractivity contribution is 0.0696. The third-order valence-electron chi connectivity index (χ3n) is 4.08. The largest absolute Gasteiger partial charge is 0.493 e. The van der Waals surface area contributed by atoms with Gasteiger partial charge in [0.15, 0.2) is 17.3 Å². The smallest absolute Gasteiger partial charge is 0.336 e. The predicted molar refractivity (Wildman–Crippen MR) is 109 cm³/mol. The van der Waals surface area contributed by atoms with Crippen LogP contribution >= 0.6 is 12.2 Å². The van der Waals surface area contributed by atoms with Crippen molar-refractivity contribution in [1.29, 1.82) is 0 Å². The number of nitrogens with one attached hydrogen (secondary N) is 1. The summed E-state index contributed by atoms with van der Waals surface area (Å²) in [4.78, 5) is 11.4. The molecule has 0 unspecified atom stereocenters. The molecule has 0 aliphatic heterocycles. The number of methoxy groups -OCH3 is 3. The van der Waals surface area contributed by atoms with Crippen LogP contribution in [0.4, 0.5) is 0 Å². The quantitative estimate of drug-likeness (QED) is 0.451. The highest BCUT2D eigenvalue weighted by Crippen LogP contribution is 2.40. The van der Waals surface area contributed by atoms with Crippen molar-refractivity contribution in [2.24, 2.45) is 5.10 Å². The fraction of sp³-hybridized carbons (Fsp3) is 0.158. The monoisotopic (exact) mass is 414 g/mol. The number of nitrogens with zero attached hydrogens (tertiary/aromatic N) is 3. The molecule has 0 atom stereocenters. The molecule has 3 aromatic rings. The molecule has 1 aromatic heterocycles. The van der Waals surface area contributed by atoms with Gasteiger partial charge in [0.05, 0.1) is 33.1 Å². The molecule has 0 aliphatic rings. The molecule has 0 saturated heterocycles. The van der Waals surface area contributed by atoms with E-state index in [1.54, 1.807) is 30.3 Å². The second kappa shape index (κ2) is 8.57. The molecular weight excluding hydrogens is 396 g/mol. The summed E-state index contributed by atoms with van der Waals surface area (Å²) in [6.07, 6.45) is 1.41. The average molecular weight is 414 g/mol. The molecule has 0 bridgehead atoms. The summed E-state index contributed by atoms with van der Waals surface area (Å²) in [6.45, 7) is 0. The maximum atomic E-state index is 11.4. The molecule has 9 nitrogen and oxygen atoms in total. The Morgan fingerprint density at radius 2 is 1.83 bits per heavy atom. The van der Waals surface area contributed by atoms with Gasteiger partial charge in [-0.1, -0.05) is 18.2 Å². The molecule has 0 amide bonds. The summed E-state index contributed by atoms with van der Waals surface area (Å²) in [5, 5.41) is 20.6. The van der Waals surface area contributed by atoms with Crippen LogP contribution in [0.2, 0.25) is 0 Å². The summed E-state index contributed by atoms with van der Waals surface area (Å²) in [5.74, 6) is 0.675. The van der Waals surface area contributed by atoms with Gasteiger partial charge < -0.3 is 19.3 Å². The van der Waals surface area contributed by atoms with Gasteiger partial charge >= 0.3 is 5.97 Å². The minimum absolute atomic E-state index is 0.126. The number of hydrogen-bond donors (Lipinski definition) is 2. The Morgan fingerprint density at radius 1 is 1.17 bits per heavy atom. The standard InChI is InChI=1S/C19H18N4O5S/c1-26-14-8-12(9-15(27-2)16(14)28-3)17-21-22-19(29)23(17)20-10-11-6-4-5-7-13(11)18(24)25/h4-10H,1-3H3,(H,22,29)(H,24,25)/b20-10+. The number of hydrogen-bond acceptors (Lipinski definition) is 7. The van der Waals surface area contributed by atoms with Crippen LogP contribution in [-0.2, 0) is 0 Å². The molecule has 2 N–H and O–H groups in total. The molecule has 0 saturated carbocycles. The van der Waals surface area contributed by atoms with E-state index in [0.717, 1.165) is 0 Å². The van der Waals surface area contributed by atoms with Crippen molar-refractivity contribution in [2.45, 2.75) is 0 Å². The minimum Gasteiger partial charge on any atom is -0.493 e. The predicted octanol–water partition coefficient (Wildman–Crippen LogP) is 3.21. The van der Waals surface area contributed by atoms with Crippen molar-refractivity contribution in [1.82, 2.24) is 14.9 Å². The summed E-state index contributed by atoms with van der Waals surface area (Å²) >= 11 is 5.27. The van der Waals surface area contributed by atoms with Crippen LogP contribution in [0, 0.1) is 4.77 Å². The first kappa shape index (κ1) is 20.1. The third-order valence-corrected chi connectivity index (χ3v) is 4.34. The Kier molecular flexibility index (Phi) is 5.93. The minimum atomic E-state index is -1.05. The number of benzene rings is 2. The van der Waals surface area contributed by atoms with Crippen molar-refractivity contribution in [3.05, 3.63) is 52.3 Å². The van der Waals surface area contributed by atoms with Crippen molar-refractivity contribution in [3.63, 3.8) is 0 Å². The Morgan fingerprint density at radius 3 is 2.41 bits per heavy atom. The number of carboxylic acids is 1. The molecule has 0 aliphatic carbocycles. The number of H-pyrrole nitrogens is 1. The highest BCUT2D eigenvalue weighted by Gasteiger charge is 2.17. The summed E-state index contributed by atoms with van der Waals surface area (Å²) in [7, 11) is 4.54. The molecular formula is C19H18N4O5S. The zero-order valence-corrected chi connectivity index (χ0v) is 16.7. The van der Waals surface area contributed by atoms with E-state index >= 15 is 0 Å². The molecule has 1 heterocycles. The molecule has 0 spiro atoms. The average Bonchev–Trinajstić information content (AvgIpc) is 3.11. The normalized spacial score (nSPS) is 10.9. The van der Waals surface area contributed by atoms with Crippen LogP contribution in [0.3, 0.4) is 0 Å². The molecule has 150 valence electrons. The molecule has 0 radical (unpaired) electrons. The van der Waals surface area contributed by atoms with Crippen LogP contribution in [0.15, 0.2) is 41.5 Å². The van der Waals surface area contributed by atoms with Crippen molar-refractivity contribution in [2.75, 3.05) is 21.3 Å². The maximum absolute atomic E-state index is 11.4. The fourth-order valence-electron chi connectivity index (χ4n) is 2.72. The van der Waals surface area contributed by atoms with Crippen molar-refractivity contribution in [3.8, 4) is 28.6 Å². The molecule has 2 aromatic carbocycles. The Bertz CT molecular complexity index is 1110. The van der Waals surface area contributed by atoms with Crippen LogP contribution in [0.5, 0.6) is 17.2 Å². The van der Waals surface area contributed by atoms with Gasteiger partial charge in [-0.05, 0) is 30.4 Å². The van der Waals surface area contributed by atoms with E-state index in [2.05, 4.69) is 15.3 Å². The van der Waals surface area contributed by atoms with E-state index in [1.165, 1.54) is 38.3 Å². The van der Waals surface area contributed by atoms with Gasteiger partial charge in [-0.3, -0.25) is 0 Å². The number of aromatic amines is 1. The molecule has 29 heavy (non-hydrogen) atoms. The second-order valence-electron chi connectivity index (χ2n) is 5.72. The van der Waals surface area contributed by atoms with E-state index in [4.69, 9.17) is 26.4 Å². The van der Waals surface area contributed by atoms with Gasteiger partial charge in [0.1, 0.15) is 0 Å². The van der Waals surface area contributed by atoms with Gasteiger partial charge in [-0.25, -0.2) is 9.89 Å². The number of ether oxygens (including phenoxy) is 3. The number of carboxylic acid groups (broad SMARTS) is 1. The fourth-order valence-corrected chi connectivity index (χ4v) is 2.90. The highest BCUT2D eigenvalue weighted by molar-refractivity contribution is 7.71. The summed E-state index contributed by atoms with van der Waals surface area (Å²) in [5.41, 5.74) is 1.16.